The number of morpholine rings is 1. The van der Waals surface area contributed by atoms with E-state index in [0.29, 0.717) is 12.5 Å². The van der Waals surface area contributed by atoms with Gasteiger partial charge >= 0.3 is 0 Å². The van der Waals surface area contributed by atoms with Crippen LogP contribution in [0.3, 0.4) is 0 Å². The molecule has 0 radical (unpaired) electrons. The van der Waals surface area contributed by atoms with Crippen molar-refractivity contribution in [1.29, 1.82) is 0 Å². The molecule has 2 N–H and O–H groups in total. The number of nitrogens with zero attached hydrogens (tertiary/aromatic N) is 5. The summed E-state index contributed by atoms with van der Waals surface area (Å²) >= 11 is 0. The molecule has 1 aliphatic heterocycles. The summed E-state index contributed by atoms with van der Waals surface area (Å²) in [6.07, 6.45) is 3.91. The van der Waals surface area contributed by atoms with Crippen molar-refractivity contribution in [2.75, 3.05) is 45.9 Å². The summed E-state index contributed by atoms with van der Waals surface area (Å²) in [6, 6.07) is 0. The molecule has 8 nitrogen and oxygen atoms in total. The van der Waals surface area contributed by atoms with E-state index >= 15 is 0 Å². The Morgan fingerprint density at radius 3 is 2.89 bits per heavy atom. The molecule has 1 aromatic heterocycles. The SMILES string of the molecule is CCCNC(=NCC1CN(CC(C)C)CCO1)NCCn1cnnc1CC. The standard InChI is InChI=1S/C19H37N7O/c1-5-7-20-19(21-8-9-26-15-23-24-18(26)6-2)22-12-17-14-25(10-11-27-17)13-16(3)4/h15-17H,5-14H2,1-4H3,(H2,20,21,22). The quantitative estimate of drug-likeness (QED) is 0.469. The summed E-state index contributed by atoms with van der Waals surface area (Å²) in [5, 5.41) is 14.9. The van der Waals surface area contributed by atoms with Crippen molar-refractivity contribution in [3.05, 3.63) is 12.2 Å². The average molecular weight is 380 g/mol. The summed E-state index contributed by atoms with van der Waals surface area (Å²) in [5.41, 5.74) is 0. The highest BCUT2D eigenvalue weighted by Gasteiger charge is 2.20. The molecule has 1 aliphatic rings. The molecule has 0 spiro atoms. The van der Waals surface area contributed by atoms with Gasteiger partial charge in [-0.25, -0.2) is 0 Å². The molecule has 154 valence electrons. The van der Waals surface area contributed by atoms with Crippen LogP contribution in [-0.2, 0) is 17.7 Å². The number of nitrogens with one attached hydrogen (secondary N) is 2. The van der Waals surface area contributed by atoms with Crippen molar-refractivity contribution in [3.8, 4) is 0 Å². The number of ether oxygens (including phenoxy) is 1. The number of aliphatic imine (C=N–C) groups is 1. The molecule has 0 amide bonds. The van der Waals surface area contributed by atoms with Gasteiger partial charge in [0.2, 0.25) is 0 Å². The van der Waals surface area contributed by atoms with Gasteiger partial charge in [0.1, 0.15) is 12.2 Å². The van der Waals surface area contributed by atoms with E-state index in [0.717, 1.165) is 70.5 Å². The molecule has 2 rings (SSSR count). The molecule has 0 saturated carbocycles. The Hall–Kier alpha value is -1.67. The van der Waals surface area contributed by atoms with Crippen LogP contribution in [0.25, 0.3) is 0 Å². The molecule has 1 aromatic rings. The molecule has 0 aliphatic carbocycles. The highest BCUT2D eigenvalue weighted by atomic mass is 16.5. The van der Waals surface area contributed by atoms with Gasteiger partial charge in [-0.1, -0.05) is 27.7 Å². The van der Waals surface area contributed by atoms with Crippen LogP contribution in [0.5, 0.6) is 0 Å². The van der Waals surface area contributed by atoms with Crippen molar-refractivity contribution in [2.24, 2.45) is 10.9 Å². The monoisotopic (exact) mass is 379 g/mol. The molecule has 1 saturated heterocycles. The van der Waals surface area contributed by atoms with E-state index in [-0.39, 0.29) is 6.10 Å². The molecule has 2 heterocycles. The molecule has 0 aromatic carbocycles. The van der Waals surface area contributed by atoms with Gasteiger partial charge in [-0.05, 0) is 12.3 Å². The Kier molecular flexibility index (Phi) is 9.55. The van der Waals surface area contributed by atoms with E-state index in [1.807, 2.05) is 0 Å². The van der Waals surface area contributed by atoms with Gasteiger partial charge in [0.05, 0.1) is 19.3 Å². The molecule has 1 atom stereocenters. The highest BCUT2D eigenvalue weighted by molar-refractivity contribution is 5.79. The molecule has 27 heavy (non-hydrogen) atoms. The zero-order valence-corrected chi connectivity index (χ0v) is 17.4. The lowest BCUT2D eigenvalue weighted by atomic mass is 10.2. The van der Waals surface area contributed by atoms with Crippen LogP contribution in [0.15, 0.2) is 11.3 Å². The van der Waals surface area contributed by atoms with Crippen molar-refractivity contribution in [3.63, 3.8) is 0 Å². The van der Waals surface area contributed by atoms with Gasteiger partial charge in [0.15, 0.2) is 5.96 Å². The van der Waals surface area contributed by atoms with Crippen LogP contribution >= 0.6 is 0 Å². The Balaban J connectivity index is 1.82. The number of rotatable bonds is 10. The van der Waals surface area contributed by atoms with Crippen molar-refractivity contribution < 1.29 is 4.74 Å². The van der Waals surface area contributed by atoms with Crippen LogP contribution in [0.1, 0.15) is 39.9 Å². The molecular formula is C19H37N7O. The van der Waals surface area contributed by atoms with Crippen LogP contribution in [0, 0.1) is 5.92 Å². The second-order valence-corrected chi connectivity index (χ2v) is 7.48. The Morgan fingerprint density at radius 2 is 2.15 bits per heavy atom. The zero-order chi connectivity index (χ0) is 19.5. The fourth-order valence-corrected chi connectivity index (χ4v) is 3.22. The molecule has 0 bridgehead atoms. The third-order valence-corrected chi connectivity index (χ3v) is 4.50. The molecule has 1 fully saturated rings. The Labute approximate surface area is 163 Å². The summed E-state index contributed by atoms with van der Waals surface area (Å²) in [5.74, 6) is 2.55. The maximum atomic E-state index is 5.91. The molecular weight excluding hydrogens is 342 g/mol. The second-order valence-electron chi connectivity index (χ2n) is 7.48. The lowest BCUT2D eigenvalue weighted by Crippen LogP contribution is -2.46. The maximum absolute atomic E-state index is 5.91. The summed E-state index contributed by atoms with van der Waals surface area (Å²) in [4.78, 5) is 7.25. The predicted octanol–water partition coefficient (Wildman–Crippen LogP) is 1.14. The van der Waals surface area contributed by atoms with Crippen molar-refractivity contribution >= 4 is 5.96 Å². The van der Waals surface area contributed by atoms with Crippen LogP contribution in [0.4, 0.5) is 0 Å². The topological polar surface area (TPSA) is 79.6 Å². The van der Waals surface area contributed by atoms with E-state index in [9.17, 15) is 0 Å². The Morgan fingerprint density at radius 1 is 1.33 bits per heavy atom. The van der Waals surface area contributed by atoms with E-state index in [1.54, 1.807) is 6.33 Å². The third-order valence-electron chi connectivity index (χ3n) is 4.50. The first-order valence-electron chi connectivity index (χ1n) is 10.3. The lowest BCUT2D eigenvalue weighted by molar-refractivity contribution is -0.0261. The minimum absolute atomic E-state index is 0.169. The van der Waals surface area contributed by atoms with Crippen LogP contribution < -0.4 is 10.6 Å². The minimum atomic E-state index is 0.169. The summed E-state index contributed by atoms with van der Waals surface area (Å²) in [7, 11) is 0. The first-order chi connectivity index (χ1) is 13.1. The highest BCUT2D eigenvalue weighted by Crippen LogP contribution is 2.08. The number of guanidine groups is 1. The van der Waals surface area contributed by atoms with E-state index in [2.05, 4.69) is 58.0 Å². The third kappa shape index (κ3) is 7.84. The normalized spacial score (nSPS) is 18.9. The summed E-state index contributed by atoms with van der Waals surface area (Å²) in [6.45, 7) is 15.9. The van der Waals surface area contributed by atoms with E-state index < -0.39 is 0 Å². The van der Waals surface area contributed by atoms with E-state index in [1.165, 1.54) is 0 Å². The van der Waals surface area contributed by atoms with Crippen molar-refractivity contribution in [2.45, 2.75) is 53.2 Å². The summed E-state index contributed by atoms with van der Waals surface area (Å²) < 4.78 is 8.00. The predicted molar refractivity (Wildman–Crippen MR) is 109 cm³/mol. The first-order valence-corrected chi connectivity index (χ1v) is 10.3. The lowest BCUT2D eigenvalue weighted by Gasteiger charge is -2.33. The van der Waals surface area contributed by atoms with Gasteiger partial charge in [-0.3, -0.25) is 9.89 Å². The van der Waals surface area contributed by atoms with Crippen LogP contribution in [-0.4, -0.2) is 77.6 Å². The van der Waals surface area contributed by atoms with Gasteiger partial charge in [-0.15, -0.1) is 10.2 Å². The molecule has 1 unspecified atom stereocenters. The average Bonchev–Trinajstić information content (AvgIpc) is 3.10. The molecule has 8 heteroatoms. The first kappa shape index (κ1) is 21.6. The second kappa shape index (κ2) is 11.9. The maximum Gasteiger partial charge on any atom is 0.191 e. The van der Waals surface area contributed by atoms with Crippen molar-refractivity contribution in [1.82, 2.24) is 30.3 Å². The fourth-order valence-electron chi connectivity index (χ4n) is 3.22. The Bertz CT molecular complexity index is 558. The van der Waals surface area contributed by atoms with Gasteiger partial charge in [0, 0.05) is 45.7 Å². The number of aryl methyl sites for hydroxylation is 1. The zero-order valence-electron chi connectivity index (χ0n) is 17.4. The largest absolute Gasteiger partial charge is 0.374 e. The minimum Gasteiger partial charge on any atom is -0.374 e. The number of hydrogen-bond donors (Lipinski definition) is 2. The van der Waals surface area contributed by atoms with Gasteiger partial charge in [-0.2, -0.15) is 0 Å². The fraction of sp³-hybridized carbons (Fsp3) is 0.842. The smallest absolute Gasteiger partial charge is 0.191 e. The number of aromatic nitrogens is 3. The van der Waals surface area contributed by atoms with Crippen LogP contribution in [0.2, 0.25) is 0 Å². The van der Waals surface area contributed by atoms with Gasteiger partial charge < -0.3 is 19.9 Å². The van der Waals surface area contributed by atoms with Gasteiger partial charge in [0.25, 0.3) is 0 Å². The van der Waals surface area contributed by atoms with E-state index in [4.69, 9.17) is 9.73 Å². The number of hydrogen-bond acceptors (Lipinski definition) is 5.